The van der Waals surface area contributed by atoms with Gasteiger partial charge in [0.15, 0.2) is 5.65 Å². The molecule has 2 aromatic rings. The van der Waals surface area contributed by atoms with Crippen LogP contribution in [0.1, 0.15) is 18.2 Å². The Kier molecular flexibility index (Phi) is 2.07. The van der Waals surface area contributed by atoms with Crippen molar-refractivity contribution in [1.29, 1.82) is 0 Å². The van der Waals surface area contributed by atoms with E-state index in [1.807, 2.05) is 4.40 Å². The van der Waals surface area contributed by atoms with Gasteiger partial charge in [0.25, 0.3) is 0 Å². The van der Waals surface area contributed by atoms with Crippen molar-refractivity contribution in [3.63, 3.8) is 0 Å². The number of hydrogen-bond acceptors (Lipinski definition) is 4. The number of rotatable bonds is 1. The third-order valence-corrected chi connectivity index (χ3v) is 2.91. The molecule has 1 fully saturated rings. The summed E-state index contributed by atoms with van der Waals surface area (Å²) in [6.07, 6.45) is 4.51. The van der Waals surface area contributed by atoms with Gasteiger partial charge in [0.2, 0.25) is 0 Å². The highest BCUT2D eigenvalue weighted by molar-refractivity contribution is 6.29. The van der Waals surface area contributed by atoms with Gasteiger partial charge in [-0.05, 0) is 13.0 Å². The summed E-state index contributed by atoms with van der Waals surface area (Å²) in [5.74, 6) is 1.40. The van der Waals surface area contributed by atoms with Crippen molar-refractivity contribution in [2.75, 3.05) is 13.1 Å². The summed E-state index contributed by atoms with van der Waals surface area (Å²) in [5, 5.41) is 12.0. The second-order valence-electron chi connectivity index (χ2n) is 3.69. The minimum absolute atomic E-state index is 0.429. The molecular formula is C9H10ClN5. The average molecular weight is 224 g/mol. The quantitative estimate of drug-likeness (QED) is 0.779. The Morgan fingerprint density at radius 2 is 2.40 bits per heavy atom. The van der Waals surface area contributed by atoms with Crippen molar-refractivity contribution in [3.8, 4) is 0 Å². The van der Waals surface area contributed by atoms with Crippen LogP contribution >= 0.6 is 11.6 Å². The van der Waals surface area contributed by atoms with Crippen LogP contribution < -0.4 is 5.32 Å². The smallest absolute Gasteiger partial charge is 0.179 e. The van der Waals surface area contributed by atoms with Gasteiger partial charge in [0.1, 0.15) is 11.0 Å². The molecule has 5 nitrogen and oxygen atoms in total. The molecule has 0 saturated carbocycles. The van der Waals surface area contributed by atoms with Gasteiger partial charge in [-0.2, -0.15) is 0 Å². The molecule has 0 spiro atoms. The fourth-order valence-corrected chi connectivity index (χ4v) is 2.10. The van der Waals surface area contributed by atoms with Crippen LogP contribution in [-0.4, -0.2) is 32.7 Å². The lowest BCUT2D eigenvalue weighted by Crippen LogP contribution is -2.10. The van der Waals surface area contributed by atoms with Gasteiger partial charge in [-0.25, -0.2) is 4.98 Å². The van der Waals surface area contributed by atoms with Crippen molar-refractivity contribution < 1.29 is 0 Å². The molecule has 0 aromatic carbocycles. The zero-order valence-electron chi connectivity index (χ0n) is 8.02. The first-order valence-electron chi connectivity index (χ1n) is 4.91. The Morgan fingerprint density at radius 1 is 1.47 bits per heavy atom. The molecule has 1 N–H and O–H groups in total. The monoisotopic (exact) mass is 223 g/mol. The fourth-order valence-electron chi connectivity index (χ4n) is 1.95. The molecule has 0 aliphatic carbocycles. The summed E-state index contributed by atoms with van der Waals surface area (Å²) in [4.78, 5) is 3.97. The molecule has 78 valence electrons. The Hall–Kier alpha value is -1.20. The van der Waals surface area contributed by atoms with Gasteiger partial charge in [-0.3, -0.25) is 4.40 Å². The molecule has 1 aliphatic rings. The van der Waals surface area contributed by atoms with Crippen LogP contribution in [0.15, 0.2) is 12.4 Å². The fraction of sp³-hybridized carbons (Fsp3) is 0.444. The molecule has 15 heavy (non-hydrogen) atoms. The van der Waals surface area contributed by atoms with E-state index < -0.39 is 0 Å². The number of fused-ring (bicyclic) bond motifs is 1. The first kappa shape index (κ1) is 9.06. The normalized spacial score (nSPS) is 21.3. The Bertz CT molecular complexity index is 488. The lowest BCUT2D eigenvalue weighted by atomic mass is 10.1. The molecule has 1 atom stereocenters. The van der Waals surface area contributed by atoms with Crippen LogP contribution in [0.2, 0.25) is 5.15 Å². The van der Waals surface area contributed by atoms with Crippen molar-refractivity contribution in [2.45, 2.75) is 12.3 Å². The lowest BCUT2D eigenvalue weighted by Gasteiger charge is -2.05. The number of hydrogen-bond donors (Lipinski definition) is 1. The van der Waals surface area contributed by atoms with Gasteiger partial charge >= 0.3 is 0 Å². The summed E-state index contributed by atoms with van der Waals surface area (Å²) >= 11 is 5.85. The van der Waals surface area contributed by atoms with Crippen molar-refractivity contribution in [3.05, 3.63) is 23.4 Å². The van der Waals surface area contributed by atoms with Gasteiger partial charge in [-0.1, -0.05) is 11.6 Å². The Balaban J connectivity index is 2.13. The number of nitrogens with one attached hydrogen (secondary N) is 1. The third kappa shape index (κ3) is 1.48. The summed E-state index contributed by atoms with van der Waals surface area (Å²) in [7, 11) is 0. The molecular weight excluding hydrogens is 214 g/mol. The van der Waals surface area contributed by atoms with E-state index in [1.54, 1.807) is 12.4 Å². The predicted molar refractivity (Wildman–Crippen MR) is 56.0 cm³/mol. The summed E-state index contributed by atoms with van der Waals surface area (Å²) in [6, 6.07) is 0. The van der Waals surface area contributed by atoms with E-state index in [4.69, 9.17) is 11.6 Å². The molecule has 1 saturated heterocycles. The number of halogens is 1. The highest BCUT2D eigenvalue weighted by Crippen LogP contribution is 2.21. The number of nitrogens with zero attached hydrogens (tertiary/aromatic N) is 4. The average Bonchev–Trinajstić information content (AvgIpc) is 2.83. The third-order valence-electron chi connectivity index (χ3n) is 2.71. The zero-order valence-corrected chi connectivity index (χ0v) is 8.78. The highest BCUT2D eigenvalue weighted by Gasteiger charge is 2.21. The summed E-state index contributed by atoms with van der Waals surface area (Å²) in [5.41, 5.74) is 0.751. The number of aromatic nitrogens is 4. The van der Waals surface area contributed by atoms with E-state index in [-0.39, 0.29) is 0 Å². The van der Waals surface area contributed by atoms with Gasteiger partial charge < -0.3 is 5.32 Å². The van der Waals surface area contributed by atoms with Crippen LogP contribution in [0.25, 0.3) is 5.65 Å². The molecule has 1 unspecified atom stereocenters. The lowest BCUT2D eigenvalue weighted by molar-refractivity contribution is 0.691. The van der Waals surface area contributed by atoms with Crippen LogP contribution in [-0.2, 0) is 0 Å². The summed E-state index contributed by atoms with van der Waals surface area (Å²) in [6.45, 7) is 2.00. The molecule has 6 heteroatoms. The Morgan fingerprint density at radius 3 is 3.20 bits per heavy atom. The van der Waals surface area contributed by atoms with Crippen LogP contribution in [0.3, 0.4) is 0 Å². The van der Waals surface area contributed by atoms with Crippen molar-refractivity contribution >= 4 is 17.2 Å². The van der Waals surface area contributed by atoms with Crippen molar-refractivity contribution in [2.24, 2.45) is 0 Å². The second-order valence-corrected chi connectivity index (χ2v) is 4.07. The molecule has 2 aromatic heterocycles. The van der Waals surface area contributed by atoms with Gasteiger partial charge in [0, 0.05) is 18.7 Å². The minimum atomic E-state index is 0.429. The maximum Gasteiger partial charge on any atom is 0.179 e. The first-order valence-corrected chi connectivity index (χ1v) is 5.29. The van der Waals surface area contributed by atoms with E-state index in [2.05, 4.69) is 20.5 Å². The molecule has 1 aliphatic heterocycles. The maximum absolute atomic E-state index is 5.85. The predicted octanol–water partition coefficient (Wildman–Crippen LogP) is 0.855. The Labute approximate surface area is 91.5 Å². The van der Waals surface area contributed by atoms with E-state index in [0.29, 0.717) is 11.1 Å². The SMILES string of the molecule is Clc1cn2c(C3CCNC3)nnc2cn1. The molecule has 3 rings (SSSR count). The van der Waals surface area contributed by atoms with Crippen molar-refractivity contribution in [1.82, 2.24) is 24.9 Å². The molecule has 0 bridgehead atoms. The first-order chi connectivity index (χ1) is 7.34. The van der Waals surface area contributed by atoms with Gasteiger partial charge in [-0.15, -0.1) is 10.2 Å². The second kappa shape index (κ2) is 3.43. The van der Waals surface area contributed by atoms with Crippen LogP contribution in [0.5, 0.6) is 0 Å². The minimum Gasteiger partial charge on any atom is -0.316 e. The topological polar surface area (TPSA) is 55.1 Å². The molecule has 0 amide bonds. The van der Waals surface area contributed by atoms with E-state index in [9.17, 15) is 0 Å². The van der Waals surface area contributed by atoms with Crippen LogP contribution in [0, 0.1) is 0 Å². The largest absolute Gasteiger partial charge is 0.316 e. The summed E-state index contributed by atoms with van der Waals surface area (Å²) < 4.78 is 1.92. The molecule has 0 radical (unpaired) electrons. The standard InChI is InChI=1S/C9H10ClN5/c10-7-5-15-8(4-12-7)13-14-9(15)6-1-2-11-3-6/h4-6,11H,1-3H2. The van der Waals surface area contributed by atoms with E-state index in [1.165, 1.54) is 0 Å². The molecule has 3 heterocycles. The van der Waals surface area contributed by atoms with Crippen LogP contribution in [0.4, 0.5) is 0 Å². The van der Waals surface area contributed by atoms with E-state index >= 15 is 0 Å². The van der Waals surface area contributed by atoms with Gasteiger partial charge in [0.05, 0.1) is 6.20 Å². The van der Waals surface area contributed by atoms with E-state index in [0.717, 1.165) is 31.0 Å². The zero-order chi connectivity index (χ0) is 10.3. The maximum atomic E-state index is 5.85. The highest BCUT2D eigenvalue weighted by atomic mass is 35.5.